The largest absolute Gasteiger partial charge is 0.614 e. The number of nitrogens with one attached hydrogen (secondary N) is 1. The van der Waals surface area contributed by atoms with Crippen molar-refractivity contribution in [2.45, 2.75) is 43.0 Å². The third kappa shape index (κ3) is 6.79. The number of ether oxygens (including phenoxy) is 2. The Labute approximate surface area is 280 Å². The average Bonchev–Trinajstić information content (AvgIpc) is 3.62. The molecule has 2 unspecified atom stereocenters. The summed E-state index contributed by atoms with van der Waals surface area (Å²) in [4.78, 5) is 50.9. The van der Waals surface area contributed by atoms with Gasteiger partial charge in [0.2, 0.25) is 11.3 Å². The van der Waals surface area contributed by atoms with E-state index in [1.54, 1.807) is 13.8 Å². The predicted molar refractivity (Wildman–Crippen MR) is 177 cm³/mol. The lowest BCUT2D eigenvalue weighted by Gasteiger charge is -2.51. The molecule has 3 aliphatic heterocycles. The summed E-state index contributed by atoms with van der Waals surface area (Å²) < 4.78 is 26.0. The molecule has 4 atom stereocenters. The van der Waals surface area contributed by atoms with Crippen molar-refractivity contribution < 1.29 is 33.2 Å². The molecular formula is C34H36N4O7S2. The number of β-lactam (4-membered cyclic amide) rings is 1. The van der Waals surface area contributed by atoms with E-state index in [4.69, 9.17) is 14.3 Å². The SMILES string of the molecule is CCON=C(C1=C(C(=O)OC(c2ccccc2)c2ccccc2)N2C(=O)C(NC(=O)Cc3cccs3)[C@@H]2[S+]([O-])[C@@H]1C)N1CCOCC1. The highest BCUT2D eigenvalue weighted by atomic mass is 32.2. The zero-order chi connectivity index (χ0) is 32.9. The van der Waals surface area contributed by atoms with E-state index in [-0.39, 0.29) is 30.2 Å². The Balaban J connectivity index is 1.41. The quantitative estimate of drug-likeness (QED) is 0.0864. The zero-order valence-corrected chi connectivity index (χ0v) is 27.7. The zero-order valence-electron chi connectivity index (χ0n) is 26.1. The molecule has 6 rings (SSSR count). The number of rotatable bonds is 10. The van der Waals surface area contributed by atoms with Gasteiger partial charge in [-0.3, -0.25) is 14.5 Å². The molecule has 0 aliphatic carbocycles. The highest BCUT2D eigenvalue weighted by Gasteiger charge is 2.64. The molecule has 0 bridgehead atoms. The van der Waals surface area contributed by atoms with Gasteiger partial charge in [0.15, 0.2) is 18.0 Å². The van der Waals surface area contributed by atoms with Crippen LogP contribution in [0.1, 0.15) is 36.0 Å². The summed E-state index contributed by atoms with van der Waals surface area (Å²) in [7, 11) is 0. The van der Waals surface area contributed by atoms with E-state index >= 15 is 0 Å². The van der Waals surface area contributed by atoms with Gasteiger partial charge in [-0.1, -0.05) is 71.9 Å². The molecule has 3 aliphatic rings. The standard InChI is InChI=1S/C34H36N4O7S2/c1-3-44-36-31(37-16-18-43-19-17-37)27-22(2)47(42)33-28(35-26(39)21-25-15-10-20-46-25)32(40)38(33)29(27)34(41)45-30(23-11-6-4-7-12-23)24-13-8-5-9-14-24/h4-15,20,22,28,30,33H,3,16-19,21H2,1-2H3,(H,35,39)/t22-,28?,33+,47?/m1/s1. The minimum Gasteiger partial charge on any atom is -0.614 e. The number of carbonyl (C=O) groups is 3. The first-order chi connectivity index (χ1) is 22.9. The fourth-order valence-electron chi connectivity index (χ4n) is 5.94. The van der Waals surface area contributed by atoms with Gasteiger partial charge in [-0.25, -0.2) is 4.79 Å². The number of morpholine rings is 1. The fourth-order valence-corrected chi connectivity index (χ4v) is 8.38. The van der Waals surface area contributed by atoms with Crippen molar-refractivity contribution in [3.8, 4) is 0 Å². The molecule has 3 aromatic rings. The molecule has 0 radical (unpaired) electrons. The number of esters is 1. The molecule has 2 amide bonds. The molecule has 2 saturated heterocycles. The second-order valence-corrected chi connectivity index (χ2v) is 14.1. The number of amidine groups is 1. The Morgan fingerprint density at radius 2 is 1.72 bits per heavy atom. The predicted octanol–water partition coefficient (Wildman–Crippen LogP) is 3.36. The number of oxime groups is 1. The lowest BCUT2D eigenvalue weighted by molar-refractivity contribution is -0.155. The van der Waals surface area contributed by atoms with Crippen molar-refractivity contribution in [3.05, 3.63) is 105 Å². The first-order valence-electron chi connectivity index (χ1n) is 15.5. The van der Waals surface area contributed by atoms with Gasteiger partial charge in [0.05, 0.1) is 25.2 Å². The van der Waals surface area contributed by atoms with Gasteiger partial charge < -0.3 is 29.1 Å². The number of hydrogen-bond acceptors (Lipinski definition) is 9. The van der Waals surface area contributed by atoms with Gasteiger partial charge in [-0.05, 0) is 47.6 Å². The third-order valence-electron chi connectivity index (χ3n) is 8.22. The highest BCUT2D eigenvalue weighted by molar-refractivity contribution is 7.93. The van der Waals surface area contributed by atoms with Crippen LogP contribution >= 0.6 is 11.3 Å². The number of carbonyl (C=O) groups excluding carboxylic acids is 3. The molecule has 0 spiro atoms. The van der Waals surface area contributed by atoms with Crippen LogP contribution in [0.2, 0.25) is 0 Å². The maximum atomic E-state index is 14.6. The van der Waals surface area contributed by atoms with Crippen molar-refractivity contribution in [3.63, 3.8) is 0 Å². The van der Waals surface area contributed by atoms with Crippen molar-refractivity contribution >= 4 is 46.1 Å². The Morgan fingerprint density at radius 1 is 1.06 bits per heavy atom. The van der Waals surface area contributed by atoms with E-state index in [1.165, 1.54) is 16.2 Å². The normalized spacial score (nSPS) is 22.9. The van der Waals surface area contributed by atoms with Crippen LogP contribution in [-0.2, 0) is 46.3 Å². The minimum atomic E-state index is -1.73. The van der Waals surface area contributed by atoms with Gasteiger partial charge in [0.25, 0.3) is 5.91 Å². The topological polar surface area (TPSA) is 133 Å². The number of fused-ring (bicyclic) bond motifs is 1. The van der Waals surface area contributed by atoms with Crippen molar-refractivity contribution in [1.82, 2.24) is 15.1 Å². The first-order valence-corrected chi connectivity index (χ1v) is 17.7. The molecule has 1 N–H and O–H groups in total. The Bertz CT molecular complexity index is 1590. The maximum Gasteiger partial charge on any atom is 0.356 e. The van der Waals surface area contributed by atoms with Crippen LogP contribution in [0, 0.1) is 0 Å². The fraction of sp³-hybridized carbons (Fsp3) is 0.353. The molecule has 2 fully saturated rings. The highest BCUT2D eigenvalue weighted by Crippen LogP contribution is 2.42. The molecule has 13 heteroatoms. The molecule has 1 aromatic heterocycles. The van der Waals surface area contributed by atoms with Crippen LogP contribution in [0.3, 0.4) is 0 Å². The van der Waals surface area contributed by atoms with Crippen LogP contribution in [0.15, 0.2) is 94.6 Å². The van der Waals surface area contributed by atoms with Gasteiger partial charge in [0, 0.05) is 18.0 Å². The lowest BCUT2D eigenvalue weighted by atomic mass is 9.98. The average molecular weight is 677 g/mol. The Kier molecular flexibility index (Phi) is 10.3. The molecule has 246 valence electrons. The van der Waals surface area contributed by atoms with Gasteiger partial charge in [0.1, 0.15) is 17.6 Å². The second-order valence-electron chi connectivity index (χ2n) is 11.2. The third-order valence-corrected chi connectivity index (χ3v) is 11.0. The van der Waals surface area contributed by atoms with Crippen molar-refractivity contribution in [2.24, 2.45) is 5.16 Å². The molecule has 47 heavy (non-hydrogen) atoms. The van der Waals surface area contributed by atoms with E-state index in [9.17, 15) is 18.9 Å². The molecular weight excluding hydrogens is 641 g/mol. The molecule has 11 nitrogen and oxygen atoms in total. The van der Waals surface area contributed by atoms with Crippen LogP contribution < -0.4 is 5.32 Å². The first kappa shape index (κ1) is 32.8. The summed E-state index contributed by atoms with van der Waals surface area (Å²) in [5.41, 5.74) is 1.71. The molecule has 4 heterocycles. The number of benzene rings is 2. The Morgan fingerprint density at radius 3 is 2.32 bits per heavy atom. The van der Waals surface area contributed by atoms with E-state index in [1.807, 2.05) is 83.1 Å². The lowest BCUT2D eigenvalue weighted by Crippen LogP contribution is -2.76. The monoisotopic (exact) mass is 676 g/mol. The summed E-state index contributed by atoms with van der Waals surface area (Å²) in [6, 6.07) is 21.3. The van der Waals surface area contributed by atoms with Gasteiger partial charge in [-0.15, -0.1) is 11.3 Å². The number of amides is 2. The molecule has 2 aromatic carbocycles. The van der Waals surface area contributed by atoms with Gasteiger partial charge >= 0.3 is 5.97 Å². The number of hydrogen-bond donors (Lipinski definition) is 1. The van der Waals surface area contributed by atoms with Crippen LogP contribution in [0.25, 0.3) is 0 Å². The second kappa shape index (κ2) is 14.7. The summed E-state index contributed by atoms with van der Waals surface area (Å²) in [6.07, 6.45) is -0.710. The van der Waals surface area contributed by atoms with Gasteiger partial charge in [-0.2, -0.15) is 0 Å². The number of thiophene rings is 1. The summed E-state index contributed by atoms with van der Waals surface area (Å²) >= 11 is -0.294. The summed E-state index contributed by atoms with van der Waals surface area (Å²) in [6.45, 7) is 5.52. The summed E-state index contributed by atoms with van der Waals surface area (Å²) in [5, 5.41) is 7.31. The number of nitrogens with zero attached hydrogens (tertiary/aromatic N) is 3. The van der Waals surface area contributed by atoms with Crippen LogP contribution in [0.4, 0.5) is 0 Å². The van der Waals surface area contributed by atoms with E-state index < -0.39 is 45.8 Å². The summed E-state index contributed by atoms with van der Waals surface area (Å²) in [5.74, 6) is -1.39. The van der Waals surface area contributed by atoms with Crippen molar-refractivity contribution in [2.75, 3.05) is 32.9 Å². The Hall–Kier alpha value is -4.17. The van der Waals surface area contributed by atoms with E-state index in [0.717, 1.165) is 16.0 Å². The maximum absolute atomic E-state index is 14.6. The smallest absolute Gasteiger partial charge is 0.356 e. The molecule has 0 saturated carbocycles. The minimum absolute atomic E-state index is 0.0577. The van der Waals surface area contributed by atoms with E-state index in [0.29, 0.717) is 32.1 Å². The van der Waals surface area contributed by atoms with Crippen molar-refractivity contribution in [1.29, 1.82) is 0 Å². The van der Waals surface area contributed by atoms with Crippen LogP contribution in [-0.4, -0.2) is 87.5 Å². The van der Waals surface area contributed by atoms with E-state index in [2.05, 4.69) is 10.5 Å². The van der Waals surface area contributed by atoms with Crippen LogP contribution in [0.5, 0.6) is 0 Å².